The molecule has 2 aromatic rings. The molecule has 3 rings (SSSR count). The minimum atomic E-state index is -3.55. The maximum absolute atomic E-state index is 12.6. The number of halogens is 1. The lowest BCUT2D eigenvalue weighted by molar-refractivity contribution is -0.117. The summed E-state index contributed by atoms with van der Waals surface area (Å²) in [6.07, 6.45) is 0. The topological polar surface area (TPSA) is 90.0 Å². The quantitative estimate of drug-likeness (QED) is 0.697. The molecule has 162 valence electrons. The van der Waals surface area contributed by atoms with Crippen molar-refractivity contribution in [3.63, 3.8) is 0 Å². The van der Waals surface area contributed by atoms with Crippen molar-refractivity contribution in [2.24, 2.45) is 0 Å². The zero-order valence-electron chi connectivity index (χ0n) is 16.7. The van der Waals surface area contributed by atoms with Crippen molar-refractivity contribution >= 4 is 50.5 Å². The second kappa shape index (κ2) is 9.44. The van der Waals surface area contributed by atoms with Crippen molar-refractivity contribution in [1.82, 2.24) is 14.1 Å². The van der Waals surface area contributed by atoms with Gasteiger partial charge in [-0.05, 0) is 36.4 Å². The monoisotopic (exact) mass is 470 g/mol. The lowest BCUT2D eigenvalue weighted by Crippen LogP contribution is -2.50. The van der Waals surface area contributed by atoms with Crippen LogP contribution in [-0.4, -0.2) is 81.2 Å². The number of thiophene rings is 1. The second-order valence-electron chi connectivity index (χ2n) is 7.06. The summed E-state index contributed by atoms with van der Waals surface area (Å²) in [5.74, 6) is -0.298. The number of benzene rings is 1. The first-order valence-corrected chi connectivity index (χ1v) is 11.9. The number of piperazine rings is 1. The fourth-order valence-electron chi connectivity index (χ4n) is 3.05. The van der Waals surface area contributed by atoms with Gasteiger partial charge in [0.2, 0.25) is 5.91 Å². The Morgan fingerprint density at radius 1 is 1.07 bits per heavy atom. The third kappa shape index (κ3) is 5.38. The molecule has 1 aliphatic heterocycles. The molecule has 2 amide bonds. The Labute approximate surface area is 185 Å². The van der Waals surface area contributed by atoms with E-state index in [2.05, 4.69) is 5.32 Å². The third-order valence-electron chi connectivity index (χ3n) is 4.66. The van der Waals surface area contributed by atoms with Gasteiger partial charge in [0.05, 0.1) is 10.9 Å². The highest BCUT2D eigenvalue weighted by Crippen LogP contribution is 2.28. The Hall–Kier alpha value is -1.98. The molecular weight excluding hydrogens is 448 g/mol. The third-order valence-corrected chi connectivity index (χ3v) is 8.26. The summed E-state index contributed by atoms with van der Waals surface area (Å²) in [6, 6.07) is 9.79. The van der Waals surface area contributed by atoms with Crippen LogP contribution in [-0.2, 0) is 14.8 Å². The Bertz CT molecular complexity index is 1010. The molecule has 0 bridgehead atoms. The van der Waals surface area contributed by atoms with Crippen LogP contribution in [0.1, 0.15) is 10.4 Å². The summed E-state index contributed by atoms with van der Waals surface area (Å²) in [4.78, 5) is 27.6. The van der Waals surface area contributed by atoms with E-state index in [1.54, 1.807) is 44.4 Å². The van der Waals surface area contributed by atoms with Gasteiger partial charge in [-0.2, -0.15) is 4.31 Å². The highest BCUT2D eigenvalue weighted by Gasteiger charge is 2.30. The van der Waals surface area contributed by atoms with Crippen LogP contribution in [0.3, 0.4) is 0 Å². The number of carbonyl (C=O) groups is 2. The minimum absolute atomic E-state index is 0.106. The average molecular weight is 471 g/mol. The standard InChI is InChI=1S/C19H23ClN4O4S2/c1-22(2)19(26)14-3-5-15(6-4-14)21-17(25)13-23-9-11-24(12-10-23)30(27,28)18-8-7-16(20)29-18/h3-8H,9-13H2,1-2H3,(H,21,25). The van der Waals surface area contributed by atoms with E-state index < -0.39 is 10.0 Å². The predicted octanol–water partition coefficient (Wildman–Crippen LogP) is 2.05. The summed E-state index contributed by atoms with van der Waals surface area (Å²) >= 11 is 6.89. The van der Waals surface area contributed by atoms with Crippen LogP contribution in [0.25, 0.3) is 0 Å². The first-order valence-electron chi connectivity index (χ1n) is 9.26. The van der Waals surface area contributed by atoms with Gasteiger partial charge in [-0.25, -0.2) is 8.42 Å². The summed E-state index contributed by atoms with van der Waals surface area (Å²) in [7, 11) is -0.191. The van der Waals surface area contributed by atoms with E-state index in [0.29, 0.717) is 41.8 Å². The van der Waals surface area contributed by atoms with Crippen molar-refractivity contribution in [3.8, 4) is 0 Å². The van der Waals surface area contributed by atoms with E-state index in [1.807, 2.05) is 4.90 Å². The van der Waals surface area contributed by atoms with Gasteiger partial charge >= 0.3 is 0 Å². The fraction of sp³-hybridized carbons (Fsp3) is 0.368. The van der Waals surface area contributed by atoms with Gasteiger partial charge in [-0.15, -0.1) is 11.3 Å². The normalized spacial score (nSPS) is 15.7. The molecule has 0 atom stereocenters. The molecular formula is C19H23ClN4O4S2. The Kier molecular flexibility index (Phi) is 7.14. The zero-order valence-corrected chi connectivity index (χ0v) is 19.1. The van der Waals surface area contributed by atoms with Gasteiger partial charge in [-0.1, -0.05) is 11.6 Å². The molecule has 0 radical (unpaired) electrons. The fourth-order valence-corrected chi connectivity index (χ4v) is 6.11. The van der Waals surface area contributed by atoms with E-state index >= 15 is 0 Å². The number of nitrogens with zero attached hydrogens (tertiary/aromatic N) is 3. The number of hydrogen-bond acceptors (Lipinski definition) is 6. The second-order valence-corrected chi connectivity index (χ2v) is 10.9. The van der Waals surface area contributed by atoms with E-state index in [4.69, 9.17) is 11.6 Å². The summed E-state index contributed by atoms with van der Waals surface area (Å²) in [5, 5.41) is 2.80. The van der Waals surface area contributed by atoms with Gasteiger partial charge in [0, 0.05) is 51.5 Å². The lowest BCUT2D eigenvalue weighted by Gasteiger charge is -2.33. The molecule has 0 spiro atoms. The van der Waals surface area contributed by atoms with Gasteiger partial charge in [0.15, 0.2) is 0 Å². The van der Waals surface area contributed by atoms with E-state index in [-0.39, 0.29) is 22.6 Å². The smallest absolute Gasteiger partial charge is 0.253 e. The lowest BCUT2D eigenvalue weighted by atomic mass is 10.2. The number of hydrogen-bond donors (Lipinski definition) is 1. The van der Waals surface area contributed by atoms with Gasteiger partial charge in [0.1, 0.15) is 4.21 Å². The van der Waals surface area contributed by atoms with E-state index in [9.17, 15) is 18.0 Å². The number of amides is 2. The first-order chi connectivity index (χ1) is 14.2. The summed E-state index contributed by atoms with van der Waals surface area (Å²) in [6.45, 7) is 1.71. The molecule has 0 saturated carbocycles. The van der Waals surface area contributed by atoms with Crippen LogP contribution in [0.2, 0.25) is 4.34 Å². The molecule has 0 unspecified atom stereocenters. The largest absolute Gasteiger partial charge is 0.345 e. The molecule has 8 nitrogen and oxygen atoms in total. The van der Waals surface area contributed by atoms with Crippen molar-refractivity contribution < 1.29 is 18.0 Å². The number of sulfonamides is 1. The van der Waals surface area contributed by atoms with Gasteiger partial charge < -0.3 is 10.2 Å². The number of nitrogens with one attached hydrogen (secondary N) is 1. The van der Waals surface area contributed by atoms with Crippen LogP contribution in [0, 0.1) is 0 Å². The summed E-state index contributed by atoms with van der Waals surface area (Å²) in [5.41, 5.74) is 1.15. The van der Waals surface area contributed by atoms with E-state index in [1.165, 1.54) is 15.3 Å². The highest BCUT2D eigenvalue weighted by atomic mass is 35.5. The minimum Gasteiger partial charge on any atom is -0.345 e. The summed E-state index contributed by atoms with van der Waals surface area (Å²) < 4.78 is 27.4. The Morgan fingerprint density at radius 2 is 1.70 bits per heavy atom. The van der Waals surface area contributed by atoms with E-state index in [0.717, 1.165) is 11.3 Å². The molecule has 1 saturated heterocycles. The Balaban J connectivity index is 1.50. The molecule has 11 heteroatoms. The number of rotatable bonds is 6. The highest BCUT2D eigenvalue weighted by molar-refractivity contribution is 7.91. The predicted molar refractivity (Wildman–Crippen MR) is 118 cm³/mol. The van der Waals surface area contributed by atoms with Crippen LogP contribution < -0.4 is 5.32 Å². The molecule has 0 aliphatic carbocycles. The molecule has 1 fully saturated rings. The first kappa shape index (κ1) is 22.7. The molecule has 1 N–H and O–H groups in total. The van der Waals surface area contributed by atoms with Crippen LogP contribution in [0.15, 0.2) is 40.6 Å². The number of carbonyl (C=O) groups excluding carboxylic acids is 2. The molecule has 1 aliphatic rings. The number of anilines is 1. The van der Waals surface area contributed by atoms with Crippen molar-refractivity contribution in [2.45, 2.75) is 4.21 Å². The molecule has 1 aromatic carbocycles. The molecule has 1 aromatic heterocycles. The van der Waals surface area contributed by atoms with Gasteiger partial charge in [-0.3, -0.25) is 14.5 Å². The maximum atomic E-state index is 12.6. The maximum Gasteiger partial charge on any atom is 0.253 e. The van der Waals surface area contributed by atoms with Gasteiger partial charge in [0.25, 0.3) is 15.9 Å². The molecule has 2 heterocycles. The van der Waals surface area contributed by atoms with Crippen LogP contribution >= 0.6 is 22.9 Å². The average Bonchev–Trinajstić information content (AvgIpc) is 3.15. The molecule has 30 heavy (non-hydrogen) atoms. The van der Waals surface area contributed by atoms with Crippen molar-refractivity contribution in [1.29, 1.82) is 0 Å². The van der Waals surface area contributed by atoms with Crippen LogP contribution in [0.5, 0.6) is 0 Å². The Morgan fingerprint density at radius 3 is 2.23 bits per heavy atom. The van der Waals surface area contributed by atoms with Crippen LogP contribution in [0.4, 0.5) is 5.69 Å². The SMILES string of the molecule is CN(C)C(=O)c1ccc(NC(=O)CN2CCN(S(=O)(=O)c3ccc(Cl)s3)CC2)cc1. The van der Waals surface area contributed by atoms with Crippen molar-refractivity contribution in [3.05, 3.63) is 46.3 Å². The van der Waals surface area contributed by atoms with Crippen molar-refractivity contribution in [2.75, 3.05) is 52.1 Å². The zero-order chi connectivity index (χ0) is 21.9.